The molecule has 3 aromatic rings. The van der Waals surface area contributed by atoms with Crippen molar-refractivity contribution in [2.24, 2.45) is 0 Å². The van der Waals surface area contributed by atoms with E-state index in [4.69, 9.17) is 14.2 Å². The van der Waals surface area contributed by atoms with Crippen LogP contribution in [0.3, 0.4) is 0 Å². The molecule has 140 valence electrons. The molecule has 0 atom stereocenters. The fraction of sp³-hybridized carbons (Fsp3) is 0.222. The van der Waals surface area contributed by atoms with Crippen molar-refractivity contribution in [3.8, 4) is 22.9 Å². The molecule has 0 aliphatic heterocycles. The van der Waals surface area contributed by atoms with E-state index in [1.54, 1.807) is 36.4 Å². The highest BCUT2D eigenvalue weighted by Gasteiger charge is 2.19. The van der Waals surface area contributed by atoms with Gasteiger partial charge in [0.2, 0.25) is 0 Å². The molecule has 0 aliphatic rings. The van der Waals surface area contributed by atoms with Crippen molar-refractivity contribution >= 4 is 11.6 Å². The zero-order valence-electron chi connectivity index (χ0n) is 15.2. The molecule has 2 aromatic carbocycles. The van der Waals surface area contributed by atoms with Gasteiger partial charge in [-0.1, -0.05) is 0 Å². The van der Waals surface area contributed by atoms with Crippen LogP contribution in [-0.4, -0.2) is 46.9 Å². The fourth-order valence-electron chi connectivity index (χ4n) is 2.51. The summed E-state index contributed by atoms with van der Waals surface area (Å²) in [6, 6.07) is 10.3. The predicted molar refractivity (Wildman–Crippen MR) is 97.8 cm³/mol. The van der Waals surface area contributed by atoms with Crippen LogP contribution in [0, 0.1) is 0 Å². The van der Waals surface area contributed by atoms with Gasteiger partial charge in [-0.25, -0.2) is 0 Å². The Hall–Kier alpha value is -3.62. The van der Waals surface area contributed by atoms with E-state index in [2.05, 4.69) is 20.8 Å². The molecule has 1 N–H and O–H groups in total. The van der Waals surface area contributed by atoms with Crippen LogP contribution in [0.5, 0.6) is 17.2 Å². The summed E-state index contributed by atoms with van der Waals surface area (Å²) >= 11 is 0. The molecule has 9 heteroatoms. The Labute approximate surface area is 155 Å². The topological polar surface area (TPSA) is 100 Å². The fourth-order valence-corrected chi connectivity index (χ4v) is 2.51. The highest BCUT2D eigenvalue weighted by molar-refractivity contribution is 6.07. The summed E-state index contributed by atoms with van der Waals surface area (Å²) in [6.45, 7) is 2.49. The number of hydrogen-bond acceptors (Lipinski definition) is 7. The van der Waals surface area contributed by atoms with Gasteiger partial charge in [0.05, 0.1) is 32.1 Å². The second kappa shape index (κ2) is 8.17. The van der Waals surface area contributed by atoms with Crippen molar-refractivity contribution < 1.29 is 19.0 Å². The Bertz CT molecular complexity index is 910. The maximum Gasteiger partial charge on any atom is 0.258 e. The number of tetrazole rings is 1. The van der Waals surface area contributed by atoms with Crippen LogP contribution < -0.4 is 19.5 Å². The van der Waals surface area contributed by atoms with Crippen molar-refractivity contribution in [2.45, 2.75) is 6.92 Å². The second-order valence-electron chi connectivity index (χ2n) is 5.39. The molecular formula is C18H19N5O4. The number of carbonyl (C=O) groups is 1. The minimum absolute atomic E-state index is 0.328. The molecular weight excluding hydrogens is 350 g/mol. The third kappa shape index (κ3) is 3.97. The first-order valence-electron chi connectivity index (χ1n) is 8.19. The standard InChI is InChI=1S/C18H19N5O4/c1-4-27-13-7-5-12(6-8-13)20-18(24)14-9-16(25-2)17(26-3)10-15(14)23-11-19-21-22-23/h5-11H,4H2,1-3H3,(H,20,24). The van der Waals surface area contributed by atoms with E-state index in [1.165, 1.54) is 25.2 Å². The van der Waals surface area contributed by atoms with Gasteiger partial charge in [-0.3, -0.25) is 4.79 Å². The Kier molecular flexibility index (Phi) is 5.50. The molecule has 0 aliphatic carbocycles. The quantitative estimate of drug-likeness (QED) is 0.682. The highest BCUT2D eigenvalue weighted by Crippen LogP contribution is 2.32. The van der Waals surface area contributed by atoms with Crippen LogP contribution in [0.25, 0.3) is 5.69 Å². The largest absolute Gasteiger partial charge is 0.494 e. The number of hydrogen-bond donors (Lipinski definition) is 1. The summed E-state index contributed by atoms with van der Waals surface area (Å²) < 4.78 is 17.4. The molecule has 1 aromatic heterocycles. The highest BCUT2D eigenvalue weighted by atomic mass is 16.5. The van der Waals surface area contributed by atoms with Crippen molar-refractivity contribution in [1.29, 1.82) is 0 Å². The molecule has 1 heterocycles. The van der Waals surface area contributed by atoms with Crippen molar-refractivity contribution in [2.75, 3.05) is 26.1 Å². The first-order chi connectivity index (χ1) is 13.2. The zero-order chi connectivity index (χ0) is 19.2. The number of carbonyl (C=O) groups excluding carboxylic acids is 1. The summed E-state index contributed by atoms with van der Waals surface area (Å²) in [4.78, 5) is 12.9. The van der Waals surface area contributed by atoms with Crippen LogP contribution in [0.15, 0.2) is 42.7 Å². The molecule has 0 radical (unpaired) electrons. The number of aromatic nitrogens is 4. The maximum absolute atomic E-state index is 12.9. The Morgan fingerprint density at radius 2 is 1.81 bits per heavy atom. The SMILES string of the molecule is CCOc1ccc(NC(=O)c2cc(OC)c(OC)cc2-n2cnnn2)cc1. The van der Waals surface area contributed by atoms with Crippen LogP contribution >= 0.6 is 0 Å². The number of nitrogens with one attached hydrogen (secondary N) is 1. The Balaban J connectivity index is 1.95. The van der Waals surface area contributed by atoms with E-state index in [-0.39, 0.29) is 5.91 Å². The maximum atomic E-state index is 12.9. The van der Waals surface area contributed by atoms with Crippen molar-refractivity contribution in [3.63, 3.8) is 0 Å². The van der Waals surface area contributed by atoms with Crippen LogP contribution in [0.2, 0.25) is 0 Å². The molecule has 0 bridgehead atoms. The van der Waals surface area contributed by atoms with Crippen molar-refractivity contribution in [3.05, 3.63) is 48.3 Å². The molecule has 1 amide bonds. The number of anilines is 1. The molecule has 0 saturated heterocycles. The summed E-state index contributed by atoms with van der Waals surface area (Å²) in [6.07, 6.45) is 1.40. The first-order valence-corrected chi connectivity index (χ1v) is 8.19. The third-order valence-electron chi connectivity index (χ3n) is 3.77. The summed E-state index contributed by atoms with van der Waals surface area (Å²) in [5.41, 5.74) is 1.41. The molecule has 0 saturated carbocycles. The monoisotopic (exact) mass is 369 g/mol. The van der Waals surface area contributed by atoms with E-state index in [0.29, 0.717) is 35.0 Å². The second-order valence-corrected chi connectivity index (χ2v) is 5.39. The smallest absolute Gasteiger partial charge is 0.258 e. The van der Waals surface area contributed by atoms with Gasteiger partial charge >= 0.3 is 0 Å². The minimum Gasteiger partial charge on any atom is -0.494 e. The number of methoxy groups -OCH3 is 2. The first kappa shape index (κ1) is 18.2. The number of ether oxygens (including phenoxy) is 3. The lowest BCUT2D eigenvalue weighted by molar-refractivity contribution is 0.102. The number of amides is 1. The van der Waals surface area contributed by atoms with Crippen molar-refractivity contribution in [1.82, 2.24) is 20.2 Å². The normalized spacial score (nSPS) is 10.3. The lowest BCUT2D eigenvalue weighted by atomic mass is 10.1. The van der Waals surface area contributed by atoms with E-state index in [1.807, 2.05) is 6.92 Å². The van der Waals surface area contributed by atoms with E-state index < -0.39 is 0 Å². The molecule has 0 spiro atoms. The number of nitrogens with zero attached hydrogens (tertiary/aromatic N) is 4. The minimum atomic E-state index is -0.342. The van der Waals surface area contributed by atoms with Gasteiger partial charge in [-0.05, 0) is 47.7 Å². The van der Waals surface area contributed by atoms with Gasteiger partial charge in [-0.15, -0.1) is 5.10 Å². The van der Waals surface area contributed by atoms with Gasteiger partial charge in [0.1, 0.15) is 12.1 Å². The third-order valence-corrected chi connectivity index (χ3v) is 3.77. The lowest BCUT2D eigenvalue weighted by Crippen LogP contribution is -2.16. The zero-order valence-corrected chi connectivity index (χ0v) is 15.2. The summed E-state index contributed by atoms with van der Waals surface area (Å²) in [5.74, 6) is 1.27. The molecule has 27 heavy (non-hydrogen) atoms. The van der Waals surface area contributed by atoms with Gasteiger partial charge in [-0.2, -0.15) is 4.68 Å². The van der Waals surface area contributed by atoms with E-state index >= 15 is 0 Å². The summed E-state index contributed by atoms with van der Waals surface area (Å²) in [5, 5.41) is 14.0. The predicted octanol–water partition coefficient (Wildman–Crippen LogP) is 2.33. The van der Waals surface area contributed by atoms with Gasteiger partial charge < -0.3 is 19.5 Å². The molecule has 0 fully saturated rings. The lowest BCUT2D eigenvalue weighted by Gasteiger charge is -2.14. The van der Waals surface area contributed by atoms with Gasteiger partial charge in [0.25, 0.3) is 5.91 Å². The summed E-state index contributed by atoms with van der Waals surface area (Å²) in [7, 11) is 3.02. The van der Waals surface area contributed by atoms with Crippen LogP contribution in [0.1, 0.15) is 17.3 Å². The van der Waals surface area contributed by atoms with E-state index in [0.717, 1.165) is 5.75 Å². The molecule has 9 nitrogen and oxygen atoms in total. The molecule has 3 rings (SSSR count). The Morgan fingerprint density at radius 3 is 2.41 bits per heavy atom. The average molecular weight is 369 g/mol. The van der Waals surface area contributed by atoms with Crippen LogP contribution in [0.4, 0.5) is 5.69 Å². The van der Waals surface area contributed by atoms with E-state index in [9.17, 15) is 4.79 Å². The van der Waals surface area contributed by atoms with Crippen LogP contribution in [-0.2, 0) is 0 Å². The average Bonchev–Trinajstić information content (AvgIpc) is 3.23. The van der Waals surface area contributed by atoms with Gasteiger partial charge in [0.15, 0.2) is 11.5 Å². The molecule has 0 unspecified atom stereocenters. The Morgan fingerprint density at radius 1 is 1.11 bits per heavy atom. The number of benzene rings is 2. The number of rotatable bonds is 7. The van der Waals surface area contributed by atoms with Gasteiger partial charge in [0, 0.05) is 11.8 Å².